The van der Waals surface area contributed by atoms with Gasteiger partial charge >= 0.3 is 0 Å². The van der Waals surface area contributed by atoms with Gasteiger partial charge < -0.3 is 15.5 Å². The minimum Gasteiger partial charge on any atom is -0.441 e. The molecule has 0 radical (unpaired) electrons. The van der Waals surface area contributed by atoms with Crippen LogP contribution in [0.2, 0.25) is 0 Å². The molecular weight excluding hydrogens is 250 g/mol. The number of benzene rings is 2. The van der Waals surface area contributed by atoms with Gasteiger partial charge in [-0.05, 0) is 42.4 Å². The average Bonchev–Trinajstić information content (AvgIpc) is 2.79. The summed E-state index contributed by atoms with van der Waals surface area (Å²) in [5, 5.41) is 3.32. The average molecular weight is 267 g/mol. The molecule has 0 aliphatic carbocycles. The van der Waals surface area contributed by atoms with Crippen molar-refractivity contribution in [2.75, 3.05) is 12.8 Å². The molecule has 3 N–H and O–H groups in total. The van der Waals surface area contributed by atoms with E-state index in [-0.39, 0.29) is 6.04 Å². The highest BCUT2D eigenvalue weighted by Crippen LogP contribution is 2.26. The number of nitrogen functional groups attached to an aromatic ring is 1. The summed E-state index contributed by atoms with van der Waals surface area (Å²) in [6.45, 7) is 1.85. The summed E-state index contributed by atoms with van der Waals surface area (Å²) in [5.74, 6) is 0.683. The zero-order valence-corrected chi connectivity index (χ0v) is 11.6. The third-order valence-corrected chi connectivity index (χ3v) is 3.38. The third kappa shape index (κ3) is 2.26. The Labute approximate surface area is 117 Å². The van der Waals surface area contributed by atoms with Crippen molar-refractivity contribution < 1.29 is 4.42 Å². The molecule has 0 bridgehead atoms. The van der Waals surface area contributed by atoms with Crippen LogP contribution in [-0.4, -0.2) is 12.0 Å². The third-order valence-electron chi connectivity index (χ3n) is 3.38. The van der Waals surface area contributed by atoms with E-state index in [0.29, 0.717) is 5.89 Å². The lowest BCUT2D eigenvalue weighted by Gasteiger charge is -2.17. The van der Waals surface area contributed by atoms with Gasteiger partial charge in [0.2, 0.25) is 0 Å². The van der Waals surface area contributed by atoms with Crippen LogP contribution in [0.4, 0.5) is 5.69 Å². The van der Waals surface area contributed by atoms with Crippen molar-refractivity contribution in [3.05, 3.63) is 59.5 Å². The Hall–Kier alpha value is -2.33. The van der Waals surface area contributed by atoms with Crippen molar-refractivity contribution in [2.45, 2.75) is 13.0 Å². The molecule has 2 aromatic carbocycles. The van der Waals surface area contributed by atoms with E-state index in [2.05, 4.69) is 28.5 Å². The molecule has 1 heterocycles. The Morgan fingerprint density at radius 1 is 1.15 bits per heavy atom. The molecule has 4 nitrogen and oxygen atoms in total. The molecule has 3 rings (SSSR count). The van der Waals surface area contributed by atoms with Gasteiger partial charge in [-0.15, -0.1) is 0 Å². The van der Waals surface area contributed by atoms with Crippen molar-refractivity contribution in [3.8, 4) is 0 Å². The number of hydrogen-bond acceptors (Lipinski definition) is 4. The van der Waals surface area contributed by atoms with E-state index in [4.69, 9.17) is 10.2 Å². The van der Waals surface area contributed by atoms with Gasteiger partial charge in [-0.1, -0.05) is 18.2 Å². The van der Waals surface area contributed by atoms with E-state index in [0.717, 1.165) is 27.9 Å². The Balaban J connectivity index is 2.06. The summed E-state index contributed by atoms with van der Waals surface area (Å²) in [4.78, 5) is 4.38. The van der Waals surface area contributed by atoms with Crippen LogP contribution in [0.3, 0.4) is 0 Å². The van der Waals surface area contributed by atoms with Crippen LogP contribution < -0.4 is 11.1 Å². The first-order chi connectivity index (χ1) is 9.67. The molecule has 0 saturated heterocycles. The smallest absolute Gasteiger partial charge is 0.192 e. The van der Waals surface area contributed by atoms with E-state index in [9.17, 15) is 0 Å². The second kappa shape index (κ2) is 4.98. The summed E-state index contributed by atoms with van der Waals surface area (Å²) in [6, 6.07) is 14.1. The number of hydrogen-bond donors (Lipinski definition) is 2. The van der Waals surface area contributed by atoms with Gasteiger partial charge in [0.05, 0.1) is 6.04 Å². The first kappa shape index (κ1) is 12.7. The molecule has 102 valence electrons. The SMILES string of the molecule is CNC(c1cccc(N)c1)c1ccc2oc(C)nc2c1. The van der Waals surface area contributed by atoms with Crippen molar-refractivity contribution >= 4 is 16.8 Å². The molecule has 0 aliphatic rings. The zero-order valence-electron chi connectivity index (χ0n) is 11.6. The normalized spacial score (nSPS) is 12.7. The van der Waals surface area contributed by atoms with Crippen molar-refractivity contribution in [1.29, 1.82) is 0 Å². The summed E-state index contributed by atoms with van der Waals surface area (Å²) < 4.78 is 5.51. The number of nitrogens with one attached hydrogen (secondary N) is 1. The number of aryl methyl sites for hydroxylation is 1. The van der Waals surface area contributed by atoms with Gasteiger partial charge in [0, 0.05) is 12.6 Å². The fourth-order valence-electron chi connectivity index (χ4n) is 2.50. The van der Waals surface area contributed by atoms with Crippen molar-refractivity contribution in [2.24, 2.45) is 0 Å². The zero-order chi connectivity index (χ0) is 14.1. The summed E-state index contributed by atoms with van der Waals surface area (Å²) in [6.07, 6.45) is 0. The minimum atomic E-state index is 0.0832. The van der Waals surface area contributed by atoms with Crippen LogP contribution in [-0.2, 0) is 0 Å². The second-order valence-corrected chi connectivity index (χ2v) is 4.85. The lowest BCUT2D eigenvalue weighted by molar-refractivity contribution is 0.561. The van der Waals surface area contributed by atoms with Crippen LogP contribution in [0.5, 0.6) is 0 Å². The number of anilines is 1. The van der Waals surface area contributed by atoms with E-state index in [1.807, 2.05) is 38.2 Å². The second-order valence-electron chi connectivity index (χ2n) is 4.85. The number of nitrogens with two attached hydrogens (primary N) is 1. The monoisotopic (exact) mass is 267 g/mol. The summed E-state index contributed by atoms with van der Waals surface area (Å²) >= 11 is 0. The lowest BCUT2D eigenvalue weighted by atomic mass is 9.98. The Bertz CT molecular complexity index is 748. The van der Waals surface area contributed by atoms with E-state index >= 15 is 0 Å². The molecule has 0 fully saturated rings. The van der Waals surface area contributed by atoms with Crippen LogP contribution in [0.25, 0.3) is 11.1 Å². The van der Waals surface area contributed by atoms with Gasteiger partial charge in [-0.25, -0.2) is 4.98 Å². The number of oxazole rings is 1. The summed E-state index contributed by atoms with van der Waals surface area (Å²) in [7, 11) is 1.94. The molecule has 0 aliphatic heterocycles. The predicted molar refractivity (Wildman–Crippen MR) is 80.5 cm³/mol. The molecule has 0 spiro atoms. The fourth-order valence-corrected chi connectivity index (χ4v) is 2.50. The molecule has 1 atom stereocenters. The quantitative estimate of drug-likeness (QED) is 0.716. The number of fused-ring (bicyclic) bond motifs is 1. The standard InChI is InChI=1S/C16H17N3O/c1-10-19-14-9-12(6-7-15(14)20-10)16(18-2)11-4-3-5-13(17)8-11/h3-9,16,18H,17H2,1-2H3. The number of aromatic nitrogens is 1. The van der Waals surface area contributed by atoms with E-state index in [1.54, 1.807) is 0 Å². The van der Waals surface area contributed by atoms with Crippen molar-refractivity contribution in [3.63, 3.8) is 0 Å². The number of nitrogens with zero attached hydrogens (tertiary/aromatic N) is 1. The van der Waals surface area contributed by atoms with Gasteiger partial charge in [0.25, 0.3) is 0 Å². The Kier molecular flexibility index (Phi) is 3.16. The molecule has 4 heteroatoms. The van der Waals surface area contributed by atoms with Crippen LogP contribution in [0.15, 0.2) is 46.9 Å². The van der Waals surface area contributed by atoms with Gasteiger partial charge in [0.15, 0.2) is 11.5 Å². The molecule has 20 heavy (non-hydrogen) atoms. The maximum atomic E-state index is 5.87. The van der Waals surface area contributed by atoms with Gasteiger partial charge in [-0.3, -0.25) is 0 Å². The number of rotatable bonds is 3. The van der Waals surface area contributed by atoms with E-state index < -0.39 is 0 Å². The molecular formula is C16H17N3O. The maximum absolute atomic E-state index is 5.87. The Morgan fingerprint density at radius 2 is 1.95 bits per heavy atom. The summed E-state index contributed by atoms with van der Waals surface area (Å²) in [5.41, 5.74) is 10.6. The first-order valence-corrected chi connectivity index (χ1v) is 6.57. The first-order valence-electron chi connectivity index (χ1n) is 6.57. The van der Waals surface area contributed by atoms with Gasteiger partial charge in [0.1, 0.15) is 5.52 Å². The van der Waals surface area contributed by atoms with Crippen molar-refractivity contribution in [1.82, 2.24) is 10.3 Å². The lowest BCUT2D eigenvalue weighted by Crippen LogP contribution is -2.17. The highest BCUT2D eigenvalue weighted by atomic mass is 16.3. The molecule has 3 aromatic rings. The maximum Gasteiger partial charge on any atom is 0.192 e. The molecule has 1 unspecified atom stereocenters. The minimum absolute atomic E-state index is 0.0832. The highest BCUT2D eigenvalue weighted by molar-refractivity contribution is 5.73. The highest BCUT2D eigenvalue weighted by Gasteiger charge is 2.14. The van der Waals surface area contributed by atoms with Gasteiger partial charge in [-0.2, -0.15) is 0 Å². The molecule has 1 aromatic heterocycles. The molecule has 0 saturated carbocycles. The van der Waals surface area contributed by atoms with Crippen LogP contribution >= 0.6 is 0 Å². The topological polar surface area (TPSA) is 64.1 Å². The Morgan fingerprint density at radius 3 is 2.70 bits per heavy atom. The molecule has 0 amide bonds. The largest absolute Gasteiger partial charge is 0.441 e. The fraction of sp³-hybridized carbons (Fsp3) is 0.188. The van der Waals surface area contributed by atoms with Crippen LogP contribution in [0, 0.1) is 6.92 Å². The van der Waals surface area contributed by atoms with E-state index in [1.165, 1.54) is 0 Å². The predicted octanol–water partition coefficient (Wildman–Crippen LogP) is 3.03. The van der Waals surface area contributed by atoms with Crippen LogP contribution in [0.1, 0.15) is 23.1 Å².